The van der Waals surface area contributed by atoms with Crippen molar-refractivity contribution in [3.63, 3.8) is 0 Å². The Balaban J connectivity index is 1.97. The lowest BCUT2D eigenvalue weighted by molar-refractivity contribution is -0.142. The second-order valence-electron chi connectivity index (χ2n) is 4.39. The van der Waals surface area contributed by atoms with Crippen molar-refractivity contribution in [2.45, 2.75) is 19.0 Å². The lowest BCUT2D eigenvalue weighted by Gasteiger charge is -2.34. The molecule has 1 aliphatic rings. The number of rotatable bonds is 4. The van der Waals surface area contributed by atoms with E-state index in [9.17, 15) is 14.4 Å². The number of carbonyl (C=O) groups excluding carboxylic acids is 2. The summed E-state index contributed by atoms with van der Waals surface area (Å²) in [6, 6.07) is 0.260. The van der Waals surface area contributed by atoms with E-state index in [0.29, 0.717) is 6.54 Å². The number of aliphatic carboxylic acids is 1. The molecule has 0 spiro atoms. The number of furan rings is 1. The van der Waals surface area contributed by atoms with Gasteiger partial charge in [-0.1, -0.05) is 0 Å². The Labute approximate surface area is 114 Å². The van der Waals surface area contributed by atoms with E-state index in [2.05, 4.69) is 10.6 Å². The Morgan fingerprint density at radius 1 is 1.55 bits per heavy atom. The van der Waals surface area contributed by atoms with Gasteiger partial charge in [-0.25, -0.2) is 4.79 Å². The smallest absolute Gasteiger partial charge is 0.318 e. The molecule has 0 radical (unpaired) electrons. The lowest BCUT2D eigenvalue weighted by Crippen LogP contribution is -2.59. The third kappa shape index (κ3) is 3.28. The summed E-state index contributed by atoms with van der Waals surface area (Å²) >= 11 is 0. The standard InChI is InChI=1S/C12H15N3O5/c16-10(17)5-9-11(18)13-2-3-15(9)12(19)14-6-8-1-4-20-7-8/h1,4,7,9H,2-3,5-6H2,(H,13,18)(H,14,19)(H,16,17). The molecular weight excluding hydrogens is 266 g/mol. The average molecular weight is 281 g/mol. The van der Waals surface area contributed by atoms with Crippen LogP contribution in [0.4, 0.5) is 4.79 Å². The first-order valence-corrected chi connectivity index (χ1v) is 6.13. The van der Waals surface area contributed by atoms with E-state index in [0.717, 1.165) is 5.56 Å². The van der Waals surface area contributed by atoms with E-state index in [1.807, 2.05) is 0 Å². The number of piperazine rings is 1. The number of nitrogens with one attached hydrogen (secondary N) is 2. The number of carbonyl (C=O) groups is 3. The fourth-order valence-electron chi connectivity index (χ4n) is 2.00. The van der Waals surface area contributed by atoms with Gasteiger partial charge in [0.05, 0.1) is 18.9 Å². The van der Waals surface area contributed by atoms with Gasteiger partial charge in [0.1, 0.15) is 6.04 Å². The Bertz CT molecular complexity index is 499. The van der Waals surface area contributed by atoms with Crippen molar-refractivity contribution in [1.29, 1.82) is 0 Å². The predicted octanol–water partition coefficient (Wildman–Crippen LogP) is -0.236. The van der Waals surface area contributed by atoms with Gasteiger partial charge in [-0.15, -0.1) is 0 Å². The summed E-state index contributed by atoms with van der Waals surface area (Å²) in [4.78, 5) is 35.7. The summed E-state index contributed by atoms with van der Waals surface area (Å²) in [5.74, 6) is -1.57. The molecule has 1 aliphatic heterocycles. The van der Waals surface area contributed by atoms with Gasteiger partial charge in [-0.05, 0) is 6.07 Å². The number of carboxylic acid groups (broad SMARTS) is 1. The molecule has 3 N–H and O–H groups in total. The van der Waals surface area contributed by atoms with Crippen LogP contribution in [0, 0.1) is 0 Å². The van der Waals surface area contributed by atoms with Crippen molar-refractivity contribution in [3.05, 3.63) is 24.2 Å². The van der Waals surface area contributed by atoms with Crippen LogP contribution in [0.15, 0.2) is 23.0 Å². The number of carboxylic acids is 1. The van der Waals surface area contributed by atoms with Crippen LogP contribution in [0.1, 0.15) is 12.0 Å². The zero-order chi connectivity index (χ0) is 14.5. The summed E-state index contributed by atoms with van der Waals surface area (Å²) < 4.78 is 4.88. The maximum absolute atomic E-state index is 12.0. The fraction of sp³-hybridized carbons (Fsp3) is 0.417. The summed E-state index contributed by atoms with van der Waals surface area (Å²) in [5.41, 5.74) is 0.787. The highest BCUT2D eigenvalue weighted by Gasteiger charge is 2.34. The number of urea groups is 1. The second-order valence-corrected chi connectivity index (χ2v) is 4.39. The van der Waals surface area contributed by atoms with Crippen LogP contribution in [0.5, 0.6) is 0 Å². The Morgan fingerprint density at radius 2 is 2.35 bits per heavy atom. The monoisotopic (exact) mass is 281 g/mol. The van der Waals surface area contributed by atoms with Gasteiger partial charge in [-0.2, -0.15) is 0 Å². The van der Waals surface area contributed by atoms with Crippen LogP contribution in [-0.2, 0) is 16.1 Å². The van der Waals surface area contributed by atoms with E-state index in [1.165, 1.54) is 17.4 Å². The Morgan fingerprint density at radius 3 is 3.00 bits per heavy atom. The van der Waals surface area contributed by atoms with Gasteiger partial charge in [0.2, 0.25) is 5.91 Å². The van der Waals surface area contributed by atoms with Gasteiger partial charge in [0, 0.05) is 25.2 Å². The fourth-order valence-corrected chi connectivity index (χ4v) is 2.00. The minimum absolute atomic E-state index is 0.257. The third-order valence-electron chi connectivity index (χ3n) is 2.98. The summed E-state index contributed by atoms with van der Waals surface area (Å²) in [6.45, 7) is 0.849. The summed E-state index contributed by atoms with van der Waals surface area (Å²) in [5, 5.41) is 14.0. The van der Waals surface area contributed by atoms with Crippen molar-refractivity contribution >= 4 is 17.9 Å². The molecule has 2 rings (SSSR count). The van der Waals surface area contributed by atoms with E-state index >= 15 is 0 Å². The van der Waals surface area contributed by atoms with Crippen LogP contribution in [-0.4, -0.2) is 47.0 Å². The molecule has 1 aromatic heterocycles. The molecule has 3 amide bonds. The molecule has 1 fully saturated rings. The Kier molecular flexibility index (Phi) is 4.24. The molecule has 1 saturated heterocycles. The highest BCUT2D eigenvalue weighted by atomic mass is 16.4. The molecule has 8 heteroatoms. The van der Waals surface area contributed by atoms with E-state index < -0.39 is 30.4 Å². The van der Waals surface area contributed by atoms with E-state index in [1.54, 1.807) is 6.07 Å². The van der Waals surface area contributed by atoms with Crippen LogP contribution in [0.3, 0.4) is 0 Å². The molecule has 2 heterocycles. The topological polar surface area (TPSA) is 112 Å². The number of hydrogen-bond donors (Lipinski definition) is 3. The number of hydrogen-bond acceptors (Lipinski definition) is 4. The van der Waals surface area contributed by atoms with Crippen LogP contribution in [0.2, 0.25) is 0 Å². The zero-order valence-corrected chi connectivity index (χ0v) is 10.7. The van der Waals surface area contributed by atoms with Crippen molar-refractivity contribution < 1.29 is 23.9 Å². The minimum atomic E-state index is -1.13. The van der Waals surface area contributed by atoms with Crippen molar-refractivity contribution in [3.8, 4) is 0 Å². The Hall–Kier alpha value is -2.51. The quantitative estimate of drug-likeness (QED) is 0.705. The van der Waals surface area contributed by atoms with Crippen molar-refractivity contribution in [2.75, 3.05) is 13.1 Å². The highest BCUT2D eigenvalue weighted by Crippen LogP contribution is 2.10. The molecule has 0 aromatic carbocycles. The van der Waals surface area contributed by atoms with Crippen LogP contribution in [0.25, 0.3) is 0 Å². The predicted molar refractivity (Wildman–Crippen MR) is 66.7 cm³/mol. The third-order valence-corrected chi connectivity index (χ3v) is 2.98. The lowest BCUT2D eigenvalue weighted by atomic mass is 10.1. The first kappa shape index (κ1) is 13.9. The molecule has 1 atom stereocenters. The van der Waals surface area contributed by atoms with Gasteiger partial charge < -0.3 is 25.1 Å². The molecule has 1 unspecified atom stereocenters. The van der Waals surface area contributed by atoms with E-state index in [-0.39, 0.29) is 13.1 Å². The molecule has 8 nitrogen and oxygen atoms in total. The van der Waals surface area contributed by atoms with Gasteiger partial charge in [0.15, 0.2) is 0 Å². The van der Waals surface area contributed by atoms with Gasteiger partial charge in [-0.3, -0.25) is 9.59 Å². The highest BCUT2D eigenvalue weighted by molar-refractivity contribution is 5.91. The minimum Gasteiger partial charge on any atom is -0.481 e. The van der Waals surface area contributed by atoms with Crippen LogP contribution >= 0.6 is 0 Å². The normalized spacial score (nSPS) is 18.5. The zero-order valence-electron chi connectivity index (χ0n) is 10.7. The first-order chi connectivity index (χ1) is 9.58. The van der Waals surface area contributed by atoms with Crippen LogP contribution < -0.4 is 10.6 Å². The molecule has 108 valence electrons. The molecule has 1 aromatic rings. The first-order valence-electron chi connectivity index (χ1n) is 6.13. The number of nitrogens with zero attached hydrogens (tertiary/aromatic N) is 1. The van der Waals surface area contributed by atoms with Gasteiger partial charge >= 0.3 is 12.0 Å². The van der Waals surface area contributed by atoms with Crippen molar-refractivity contribution in [2.24, 2.45) is 0 Å². The second kappa shape index (κ2) is 6.09. The van der Waals surface area contributed by atoms with E-state index in [4.69, 9.17) is 9.52 Å². The SMILES string of the molecule is O=C(O)CC1C(=O)NCCN1C(=O)NCc1ccoc1. The summed E-state index contributed by atoms with van der Waals surface area (Å²) in [7, 11) is 0. The molecule has 0 aliphatic carbocycles. The molecule has 0 bridgehead atoms. The summed E-state index contributed by atoms with van der Waals surface area (Å²) in [6.07, 6.45) is 2.58. The van der Waals surface area contributed by atoms with Crippen molar-refractivity contribution in [1.82, 2.24) is 15.5 Å². The molecule has 20 heavy (non-hydrogen) atoms. The molecular formula is C12H15N3O5. The average Bonchev–Trinajstić information content (AvgIpc) is 2.91. The maximum Gasteiger partial charge on any atom is 0.318 e. The number of amides is 3. The maximum atomic E-state index is 12.0. The molecule has 0 saturated carbocycles. The largest absolute Gasteiger partial charge is 0.481 e. The van der Waals surface area contributed by atoms with Gasteiger partial charge in [0.25, 0.3) is 0 Å².